The third-order valence-electron chi connectivity index (χ3n) is 2.70. The van der Waals surface area contributed by atoms with Crippen molar-refractivity contribution in [1.29, 1.82) is 0 Å². The number of carbonyl (C=O) groups excluding carboxylic acids is 1. The number of hydrogen-bond donors (Lipinski definition) is 1. The summed E-state index contributed by atoms with van der Waals surface area (Å²) in [5.74, 6) is 0.00333. The van der Waals surface area contributed by atoms with Gasteiger partial charge in [-0.3, -0.25) is 4.79 Å². The van der Waals surface area contributed by atoms with E-state index in [9.17, 15) is 4.79 Å². The second-order valence-corrected chi connectivity index (χ2v) is 3.85. The van der Waals surface area contributed by atoms with Crippen molar-refractivity contribution in [3.63, 3.8) is 0 Å². The second kappa shape index (κ2) is 4.99. The first-order valence-corrected chi connectivity index (χ1v) is 5.50. The quantitative estimate of drug-likeness (QED) is 0.722. The topological polar surface area (TPSA) is 55.6 Å². The molecule has 0 spiro atoms. The summed E-state index contributed by atoms with van der Waals surface area (Å²) in [7, 11) is 0. The molecule has 0 bridgehead atoms. The molecule has 16 heavy (non-hydrogen) atoms. The molecule has 0 radical (unpaired) electrons. The van der Waals surface area contributed by atoms with Crippen LogP contribution in [0.1, 0.15) is 16.8 Å². The highest BCUT2D eigenvalue weighted by Gasteiger charge is 2.18. The molecule has 1 aromatic rings. The fourth-order valence-electron chi connectivity index (χ4n) is 1.81. The van der Waals surface area contributed by atoms with E-state index in [1.165, 1.54) is 0 Å². The lowest BCUT2D eigenvalue weighted by atomic mass is 10.1. The summed E-state index contributed by atoms with van der Waals surface area (Å²) in [6.07, 6.45) is 0.887. The number of nitrogens with zero attached hydrogens (tertiary/aromatic N) is 1. The zero-order valence-electron chi connectivity index (χ0n) is 9.19. The maximum atomic E-state index is 12.2. The Labute approximate surface area is 95.0 Å². The smallest absolute Gasteiger partial charge is 0.256 e. The maximum absolute atomic E-state index is 12.2. The number of hydrogen-bond acceptors (Lipinski definition) is 3. The van der Waals surface area contributed by atoms with Crippen LogP contribution in [0, 0.1) is 0 Å². The van der Waals surface area contributed by atoms with Crippen LogP contribution in [-0.4, -0.2) is 37.1 Å². The number of anilines is 1. The van der Waals surface area contributed by atoms with Crippen molar-refractivity contribution in [2.75, 3.05) is 32.0 Å². The molecule has 1 aromatic carbocycles. The Morgan fingerprint density at radius 2 is 2.06 bits per heavy atom. The van der Waals surface area contributed by atoms with Crippen LogP contribution in [0.2, 0.25) is 0 Å². The first kappa shape index (κ1) is 11.0. The van der Waals surface area contributed by atoms with Crippen LogP contribution in [0.5, 0.6) is 0 Å². The van der Waals surface area contributed by atoms with Gasteiger partial charge in [0.25, 0.3) is 5.91 Å². The summed E-state index contributed by atoms with van der Waals surface area (Å²) in [6, 6.07) is 7.18. The number of rotatable bonds is 1. The van der Waals surface area contributed by atoms with Gasteiger partial charge in [0.15, 0.2) is 0 Å². The first-order chi connectivity index (χ1) is 7.79. The maximum Gasteiger partial charge on any atom is 0.256 e. The van der Waals surface area contributed by atoms with Gasteiger partial charge in [-0.1, -0.05) is 12.1 Å². The van der Waals surface area contributed by atoms with E-state index in [2.05, 4.69) is 0 Å². The van der Waals surface area contributed by atoms with Crippen molar-refractivity contribution in [3.8, 4) is 0 Å². The Bertz CT molecular complexity index is 371. The van der Waals surface area contributed by atoms with Gasteiger partial charge in [0.1, 0.15) is 0 Å². The number of amides is 1. The normalized spacial score (nSPS) is 16.9. The lowest BCUT2D eigenvalue weighted by molar-refractivity contribution is 0.0742. The van der Waals surface area contributed by atoms with Gasteiger partial charge in [0, 0.05) is 25.4 Å². The molecule has 1 heterocycles. The molecule has 86 valence electrons. The van der Waals surface area contributed by atoms with Crippen LogP contribution in [0.25, 0.3) is 0 Å². The molecule has 4 heteroatoms. The minimum Gasteiger partial charge on any atom is -0.398 e. The zero-order chi connectivity index (χ0) is 11.4. The molecule has 2 rings (SSSR count). The molecule has 2 N–H and O–H groups in total. The Hall–Kier alpha value is -1.55. The van der Waals surface area contributed by atoms with E-state index >= 15 is 0 Å². The van der Waals surface area contributed by atoms with Gasteiger partial charge in [-0.15, -0.1) is 0 Å². The van der Waals surface area contributed by atoms with Crippen LogP contribution in [0.15, 0.2) is 24.3 Å². The van der Waals surface area contributed by atoms with E-state index < -0.39 is 0 Å². The van der Waals surface area contributed by atoms with Crippen molar-refractivity contribution in [2.45, 2.75) is 6.42 Å². The molecular weight excluding hydrogens is 204 g/mol. The van der Waals surface area contributed by atoms with Crippen molar-refractivity contribution in [2.24, 2.45) is 0 Å². The predicted molar refractivity (Wildman–Crippen MR) is 62.2 cm³/mol. The van der Waals surface area contributed by atoms with Gasteiger partial charge >= 0.3 is 0 Å². The van der Waals surface area contributed by atoms with E-state index in [1.807, 2.05) is 12.1 Å². The number of para-hydroxylation sites is 1. The van der Waals surface area contributed by atoms with Crippen LogP contribution >= 0.6 is 0 Å². The Balaban J connectivity index is 2.14. The molecule has 1 aliphatic rings. The molecule has 1 saturated heterocycles. The molecule has 1 aliphatic heterocycles. The van der Waals surface area contributed by atoms with E-state index in [0.717, 1.165) is 19.6 Å². The summed E-state index contributed by atoms with van der Waals surface area (Å²) in [5.41, 5.74) is 6.92. The first-order valence-electron chi connectivity index (χ1n) is 5.50. The predicted octanol–water partition coefficient (Wildman–Crippen LogP) is 1.13. The largest absolute Gasteiger partial charge is 0.398 e. The summed E-state index contributed by atoms with van der Waals surface area (Å²) in [5, 5.41) is 0. The molecule has 0 aromatic heterocycles. The van der Waals surface area contributed by atoms with E-state index in [0.29, 0.717) is 24.4 Å². The summed E-state index contributed by atoms with van der Waals surface area (Å²) >= 11 is 0. The average Bonchev–Trinajstić information content (AvgIpc) is 2.57. The SMILES string of the molecule is Nc1ccccc1C(=O)N1CCCOCC1. The van der Waals surface area contributed by atoms with Crippen molar-refractivity contribution < 1.29 is 9.53 Å². The molecular formula is C12H16N2O2. The minimum absolute atomic E-state index is 0.00333. The van der Waals surface area contributed by atoms with Gasteiger partial charge in [-0.05, 0) is 18.6 Å². The van der Waals surface area contributed by atoms with Gasteiger partial charge in [-0.25, -0.2) is 0 Å². The summed E-state index contributed by atoms with van der Waals surface area (Å²) < 4.78 is 5.32. The number of ether oxygens (including phenoxy) is 1. The monoisotopic (exact) mass is 220 g/mol. The van der Waals surface area contributed by atoms with Gasteiger partial charge in [0.05, 0.1) is 12.2 Å². The van der Waals surface area contributed by atoms with Crippen LogP contribution in [0.4, 0.5) is 5.69 Å². The molecule has 0 aliphatic carbocycles. The van der Waals surface area contributed by atoms with Gasteiger partial charge < -0.3 is 15.4 Å². The lowest BCUT2D eigenvalue weighted by Gasteiger charge is -2.20. The van der Waals surface area contributed by atoms with Crippen molar-refractivity contribution in [3.05, 3.63) is 29.8 Å². The Morgan fingerprint density at radius 1 is 1.25 bits per heavy atom. The highest BCUT2D eigenvalue weighted by Crippen LogP contribution is 2.14. The average molecular weight is 220 g/mol. The molecule has 4 nitrogen and oxygen atoms in total. The van der Waals surface area contributed by atoms with Crippen LogP contribution in [-0.2, 0) is 4.74 Å². The van der Waals surface area contributed by atoms with E-state index in [4.69, 9.17) is 10.5 Å². The third-order valence-corrected chi connectivity index (χ3v) is 2.70. The third kappa shape index (κ3) is 2.33. The molecule has 0 atom stereocenters. The van der Waals surface area contributed by atoms with Crippen molar-refractivity contribution in [1.82, 2.24) is 4.90 Å². The molecule has 0 saturated carbocycles. The summed E-state index contributed by atoms with van der Waals surface area (Å²) in [4.78, 5) is 14.0. The van der Waals surface area contributed by atoms with Crippen LogP contribution < -0.4 is 5.73 Å². The van der Waals surface area contributed by atoms with E-state index in [-0.39, 0.29) is 5.91 Å². The van der Waals surface area contributed by atoms with Crippen molar-refractivity contribution >= 4 is 11.6 Å². The standard InChI is InChI=1S/C12H16N2O2/c13-11-5-2-1-4-10(11)12(15)14-6-3-8-16-9-7-14/h1-2,4-5H,3,6-9,13H2. The number of nitrogen functional groups attached to an aromatic ring is 1. The Morgan fingerprint density at radius 3 is 2.88 bits per heavy atom. The number of benzene rings is 1. The fraction of sp³-hybridized carbons (Fsp3) is 0.417. The van der Waals surface area contributed by atoms with E-state index in [1.54, 1.807) is 17.0 Å². The highest BCUT2D eigenvalue weighted by atomic mass is 16.5. The van der Waals surface area contributed by atoms with Gasteiger partial charge in [-0.2, -0.15) is 0 Å². The Kier molecular flexibility index (Phi) is 3.41. The number of nitrogens with two attached hydrogens (primary N) is 1. The second-order valence-electron chi connectivity index (χ2n) is 3.85. The lowest BCUT2D eigenvalue weighted by Crippen LogP contribution is -2.33. The number of carbonyl (C=O) groups is 1. The molecule has 1 amide bonds. The summed E-state index contributed by atoms with van der Waals surface area (Å²) in [6.45, 7) is 2.73. The fourth-order valence-corrected chi connectivity index (χ4v) is 1.81. The molecule has 1 fully saturated rings. The highest BCUT2D eigenvalue weighted by molar-refractivity contribution is 5.99. The van der Waals surface area contributed by atoms with Gasteiger partial charge in [0.2, 0.25) is 0 Å². The van der Waals surface area contributed by atoms with Crippen LogP contribution in [0.3, 0.4) is 0 Å². The molecule has 0 unspecified atom stereocenters. The zero-order valence-corrected chi connectivity index (χ0v) is 9.19. The minimum atomic E-state index is 0.00333.